The monoisotopic (exact) mass is 319 g/mol. The van der Waals surface area contributed by atoms with Gasteiger partial charge < -0.3 is 10.4 Å². The molecule has 2 N–H and O–H groups in total. The molecule has 0 fully saturated rings. The van der Waals surface area contributed by atoms with Crippen LogP contribution in [0.15, 0.2) is 46.9 Å². The number of hydrogen-bond acceptors (Lipinski definition) is 2. The summed E-state index contributed by atoms with van der Waals surface area (Å²) < 4.78 is 0.905. The highest BCUT2D eigenvalue weighted by Gasteiger charge is 2.08. The molecular formula is C15H14BrNO2. The van der Waals surface area contributed by atoms with E-state index < -0.39 is 0 Å². The van der Waals surface area contributed by atoms with Gasteiger partial charge in [-0.2, -0.15) is 0 Å². The zero-order valence-electron chi connectivity index (χ0n) is 10.5. The van der Waals surface area contributed by atoms with E-state index in [0.717, 1.165) is 10.0 Å². The van der Waals surface area contributed by atoms with Crippen LogP contribution in [0.4, 0.5) is 0 Å². The van der Waals surface area contributed by atoms with E-state index in [1.54, 1.807) is 30.3 Å². The molecule has 19 heavy (non-hydrogen) atoms. The zero-order chi connectivity index (χ0) is 13.8. The van der Waals surface area contributed by atoms with Crippen molar-refractivity contribution in [3.8, 4) is 5.75 Å². The van der Waals surface area contributed by atoms with Crippen LogP contribution in [-0.2, 0) is 6.54 Å². The van der Waals surface area contributed by atoms with Crippen LogP contribution < -0.4 is 5.32 Å². The predicted octanol–water partition coefficient (Wildman–Crippen LogP) is 3.39. The van der Waals surface area contributed by atoms with Crippen LogP contribution >= 0.6 is 15.9 Å². The first kappa shape index (κ1) is 13.6. The minimum Gasteiger partial charge on any atom is -0.508 e. The molecule has 0 bridgehead atoms. The smallest absolute Gasteiger partial charge is 0.251 e. The molecular weight excluding hydrogens is 306 g/mol. The molecule has 0 saturated carbocycles. The molecule has 0 aliphatic heterocycles. The Morgan fingerprint density at radius 1 is 1.26 bits per heavy atom. The molecule has 0 atom stereocenters. The van der Waals surface area contributed by atoms with Crippen molar-refractivity contribution < 1.29 is 9.90 Å². The molecule has 0 aliphatic carbocycles. The SMILES string of the molecule is Cc1ccc(C(=O)NCc2ccccc2O)cc1Br. The third-order valence-electron chi connectivity index (χ3n) is 2.87. The van der Waals surface area contributed by atoms with E-state index in [2.05, 4.69) is 21.2 Å². The lowest BCUT2D eigenvalue weighted by molar-refractivity contribution is 0.0950. The summed E-state index contributed by atoms with van der Waals surface area (Å²) in [4.78, 5) is 12.0. The number of carbonyl (C=O) groups is 1. The standard InChI is InChI=1S/C15H14BrNO2/c1-10-6-7-11(8-13(10)16)15(19)17-9-12-4-2-3-5-14(12)18/h2-8,18H,9H2,1H3,(H,17,19). The molecule has 98 valence electrons. The number of amides is 1. The third kappa shape index (κ3) is 3.35. The normalized spacial score (nSPS) is 10.2. The van der Waals surface area contributed by atoms with Gasteiger partial charge in [0.05, 0.1) is 0 Å². The number of halogens is 1. The molecule has 0 unspecified atom stereocenters. The zero-order valence-corrected chi connectivity index (χ0v) is 12.1. The van der Waals surface area contributed by atoms with Gasteiger partial charge in [0.25, 0.3) is 5.91 Å². The number of aromatic hydroxyl groups is 1. The minimum absolute atomic E-state index is 0.163. The van der Waals surface area contributed by atoms with Gasteiger partial charge in [-0.3, -0.25) is 4.79 Å². The summed E-state index contributed by atoms with van der Waals surface area (Å²) in [5, 5.41) is 12.4. The van der Waals surface area contributed by atoms with E-state index in [9.17, 15) is 9.90 Å². The van der Waals surface area contributed by atoms with E-state index in [4.69, 9.17) is 0 Å². The number of rotatable bonds is 3. The molecule has 0 saturated heterocycles. The lowest BCUT2D eigenvalue weighted by Crippen LogP contribution is -2.22. The van der Waals surface area contributed by atoms with Crippen LogP contribution in [0.25, 0.3) is 0 Å². The highest BCUT2D eigenvalue weighted by Crippen LogP contribution is 2.18. The van der Waals surface area contributed by atoms with Gasteiger partial charge in [-0.15, -0.1) is 0 Å². The predicted molar refractivity (Wildman–Crippen MR) is 78.2 cm³/mol. The lowest BCUT2D eigenvalue weighted by Gasteiger charge is -2.08. The summed E-state index contributed by atoms with van der Waals surface area (Å²) in [6, 6.07) is 12.4. The first-order valence-electron chi connectivity index (χ1n) is 5.89. The molecule has 1 amide bonds. The van der Waals surface area contributed by atoms with Crippen molar-refractivity contribution in [1.82, 2.24) is 5.32 Å². The van der Waals surface area contributed by atoms with Gasteiger partial charge in [-0.25, -0.2) is 0 Å². The Hall–Kier alpha value is -1.81. The number of hydrogen-bond donors (Lipinski definition) is 2. The minimum atomic E-state index is -0.163. The van der Waals surface area contributed by atoms with Crippen molar-refractivity contribution in [3.63, 3.8) is 0 Å². The first-order valence-corrected chi connectivity index (χ1v) is 6.68. The van der Waals surface area contributed by atoms with Gasteiger partial charge in [0.2, 0.25) is 0 Å². The molecule has 2 rings (SSSR count). The number of phenols is 1. The van der Waals surface area contributed by atoms with E-state index in [0.29, 0.717) is 17.7 Å². The Morgan fingerprint density at radius 3 is 2.68 bits per heavy atom. The summed E-state index contributed by atoms with van der Waals surface area (Å²) >= 11 is 3.40. The van der Waals surface area contributed by atoms with Crippen LogP contribution in [0.1, 0.15) is 21.5 Å². The van der Waals surface area contributed by atoms with Crippen molar-refractivity contribution in [3.05, 3.63) is 63.6 Å². The Kier molecular flexibility index (Phi) is 4.22. The summed E-state index contributed by atoms with van der Waals surface area (Å²) in [5.41, 5.74) is 2.37. The average Bonchev–Trinajstić information content (AvgIpc) is 2.40. The average molecular weight is 320 g/mol. The summed E-state index contributed by atoms with van der Waals surface area (Å²) in [6.07, 6.45) is 0. The second-order valence-electron chi connectivity index (χ2n) is 4.28. The van der Waals surface area contributed by atoms with Gasteiger partial charge in [-0.05, 0) is 30.7 Å². The highest BCUT2D eigenvalue weighted by molar-refractivity contribution is 9.10. The number of phenolic OH excluding ortho intramolecular Hbond substituents is 1. The van der Waals surface area contributed by atoms with Crippen molar-refractivity contribution in [1.29, 1.82) is 0 Å². The first-order chi connectivity index (χ1) is 9.08. The van der Waals surface area contributed by atoms with Crippen molar-refractivity contribution in [2.24, 2.45) is 0 Å². The Bertz CT molecular complexity index is 611. The number of benzene rings is 2. The largest absolute Gasteiger partial charge is 0.508 e. The number of carbonyl (C=O) groups excluding carboxylic acids is 1. The van der Waals surface area contributed by atoms with E-state index in [1.807, 2.05) is 19.1 Å². The maximum Gasteiger partial charge on any atom is 0.251 e. The van der Waals surface area contributed by atoms with Gasteiger partial charge in [0, 0.05) is 22.1 Å². The molecule has 0 aliphatic rings. The molecule has 3 nitrogen and oxygen atoms in total. The van der Waals surface area contributed by atoms with Crippen molar-refractivity contribution in [2.45, 2.75) is 13.5 Å². The van der Waals surface area contributed by atoms with Crippen LogP contribution in [0.3, 0.4) is 0 Å². The fourth-order valence-corrected chi connectivity index (χ4v) is 2.05. The summed E-state index contributed by atoms with van der Waals surface area (Å²) in [5.74, 6) is 0.0249. The fourth-order valence-electron chi connectivity index (χ4n) is 1.67. The number of aryl methyl sites for hydroxylation is 1. The molecule has 2 aromatic carbocycles. The highest BCUT2D eigenvalue weighted by atomic mass is 79.9. The maximum absolute atomic E-state index is 12.0. The van der Waals surface area contributed by atoms with Gasteiger partial charge in [-0.1, -0.05) is 40.2 Å². The Morgan fingerprint density at radius 2 is 2.00 bits per heavy atom. The lowest BCUT2D eigenvalue weighted by atomic mass is 10.1. The second kappa shape index (κ2) is 5.89. The maximum atomic E-state index is 12.0. The summed E-state index contributed by atoms with van der Waals surface area (Å²) in [6.45, 7) is 2.27. The molecule has 0 spiro atoms. The molecule has 2 aromatic rings. The van der Waals surface area contributed by atoms with Crippen LogP contribution in [0, 0.1) is 6.92 Å². The van der Waals surface area contributed by atoms with Gasteiger partial charge in [0.1, 0.15) is 5.75 Å². The molecule has 0 aromatic heterocycles. The number of para-hydroxylation sites is 1. The van der Waals surface area contributed by atoms with Crippen molar-refractivity contribution >= 4 is 21.8 Å². The quantitative estimate of drug-likeness (QED) is 0.911. The van der Waals surface area contributed by atoms with E-state index in [1.165, 1.54) is 0 Å². The number of nitrogens with one attached hydrogen (secondary N) is 1. The van der Waals surface area contributed by atoms with Crippen LogP contribution in [0.2, 0.25) is 0 Å². The third-order valence-corrected chi connectivity index (χ3v) is 3.72. The van der Waals surface area contributed by atoms with Crippen LogP contribution in [-0.4, -0.2) is 11.0 Å². The van der Waals surface area contributed by atoms with Gasteiger partial charge >= 0.3 is 0 Å². The molecule has 0 radical (unpaired) electrons. The molecule has 0 heterocycles. The Labute approximate surface area is 120 Å². The van der Waals surface area contributed by atoms with Crippen LogP contribution in [0.5, 0.6) is 5.75 Å². The van der Waals surface area contributed by atoms with E-state index >= 15 is 0 Å². The second-order valence-corrected chi connectivity index (χ2v) is 5.13. The van der Waals surface area contributed by atoms with E-state index in [-0.39, 0.29) is 11.7 Å². The summed E-state index contributed by atoms with van der Waals surface area (Å²) in [7, 11) is 0. The van der Waals surface area contributed by atoms with Gasteiger partial charge in [0.15, 0.2) is 0 Å². The molecule has 4 heteroatoms. The topological polar surface area (TPSA) is 49.3 Å². The fraction of sp³-hybridized carbons (Fsp3) is 0.133. The van der Waals surface area contributed by atoms with Crippen molar-refractivity contribution in [2.75, 3.05) is 0 Å². The Balaban J connectivity index is 2.05.